The van der Waals surface area contributed by atoms with Crippen molar-refractivity contribution in [3.8, 4) is 5.75 Å². The summed E-state index contributed by atoms with van der Waals surface area (Å²) in [6, 6.07) is 11.9. The summed E-state index contributed by atoms with van der Waals surface area (Å²) >= 11 is 7.58. The SMILES string of the molecule is COc1ccc(F)cc1CNC(=O)CCC(C)Sc1ccc(Cl)cc1. The summed E-state index contributed by atoms with van der Waals surface area (Å²) in [5.74, 6) is 0.154. The molecule has 2 aromatic carbocycles. The van der Waals surface area contributed by atoms with Gasteiger partial charge in [-0.25, -0.2) is 4.39 Å². The Bertz CT molecular complexity index is 709. The van der Waals surface area contributed by atoms with Gasteiger partial charge in [-0.1, -0.05) is 18.5 Å². The van der Waals surface area contributed by atoms with Gasteiger partial charge in [-0.3, -0.25) is 4.79 Å². The molecule has 0 heterocycles. The van der Waals surface area contributed by atoms with Crippen LogP contribution in [0.2, 0.25) is 5.02 Å². The van der Waals surface area contributed by atoms with Crippen molar-refractivity contribution < 1.29 is 13.9 Å². The second-order valence-corrected chi connectivity index (χ2v) is 7.60. The number of nitrogens with one attached hydrogen (secondary N) is 1. The van der Waals surface area contributed by atoms with E-state index in [1.807, 2.05) is 24.3 Å². The number of methoxy groups -OCH3 is 1. The predicted octanol–water partition coefficient (Wildman–Crippen LogP) is 5.06. The molecule has 3 nitrogen and oxygen atoms in total. The molecule has 2 rings (SSSR count). The monoisotopic (exact) mass is 381 g/mol. The third-order valence-electron chi connectivity index (χ3n) is 3.65. The fourth-order valence-electron chi connectivity index (χ4n) is 2.31. The Labute approximate surface area is 156 Å². The van der Waals surface area contributed by atoms with E-state index in [1.54, 1.807) is 17.8 Å². The molecule has 134 valence electrons. The molecular weight excluding hydrogens is 361 g/mol. The first-order valence-corrected chi connectivity index (χ1v) is 9.25. The van der Waals surface area contributed by atoms with Crippen LogP contribution < -0.4 is 10.1 Å². The molecule has 1 N–H and O–H groups in total. The molecule has 0 saturated heterocycles. The average Bonchev–Trinajstić information content (AvgIpc) is 2.60. The van der Waals surface area contributed by atoms with E-state index < -0.39 is 0 Å². The summed E-state index contributed by atoms with van der Waals surface area (Å²) in [7, 11) is 1.52. The van der Waals surface area contributed by atoms with Gasteiger partial charge in [-0.15, -0.1) is 11.8 Å². The van der Waals surface area contributed by atoms with Gasteiger partial charge in [-0.2, -0.15) is 0 Å². The van der Waals surface area contributed by atoms with E-state index in [4.69, 9.17) is 16.3 Å². The summed E-state index contributed by atoms with van der Waals surface area (Å²) in [6.07, 6.45) is 1.17. The third-order valence-corrected chi connectivity index (χ3v) is 5.08. The highest BCUT2D eigenvalue weighted by molar-refractivity contribution is 7.99. The van der Waals surface area contributed by atoms with Crippen LogP contribution in [0.3, 0.4) is 0 Å². The Morgan fingerprint density at radius 3 is 2.68 bits per heavy atom. The number of thioether (sulfide) groups is 1. The maximum atomic E-state index is 13.3. The number of carbonyl (C=O) groups is 1. The van der Waals surface area contributed by atoms with E-state index in [9.17, 15) is 9.18 Å². The highest BCUT2D eigenvalue weighted by Gasteiger charge is 2.10. The van der Waals surface area contributed by atoms with E-state index in [1.165, 1.54) is 19.2 Å². The maximum Gasteiger partial charge on any atom is 0.220 e. The van der Waals surface area contributed by atoms with Gasteiger partial charge in [-0.05, 0) is 48.9 Å². The van der Waals surface area contributed by atoms with E-state index >= 15 is 0 Å². The van der Waals surface area contributed by atoms with Crippen LogP contribution in [0.15, 0.2) is 47.4 Å². The Hall–Kier alpha value is -1.72. The van der Waals surface area contributed by atoms with Crippen molar-refractivity contribution in [3.05, 3.63) is 58.9 Å². The second-order valence-electron chi connectivity index (χ2n) is 5.65. The van der Waals surface area contributed by atoms with E-state index in [0.29, 0.717) is 28.0 Å². The zero-order valence-corrected chi connectivity index (χ0v) is 15.8. The number of benzene rings is 2. The number of hydrogen-bond acceptors (Lipinski definition) is 3. The molecule has 0 bridgehead atoms. The Balaban J connectivity index is 1.77. The van der Waals surface area contributed by atoms with E-state index in [0.717, 1.165) is 11.3 Å². The average molecular weight is 382 g/mol. The summed E-state index contributed by atoms with van der Waals surface area (Å²) in [6.45, 7) is 2.33. The van der Waals surface area contributed by atoms with Crippen LogP contribution in [0.25, 0.3) is 0 Å². The topological polar surface area (TPSA) is 38.3 Å². The first kappa shape index (κ1) is 19.6. The largest absolute Gasteiger partial charge is 0.496 e. The molecule has 0 saturated carbocycles. The summed E-state index contributed by atoms with van der Waals surface area (Å²) in [4.78, 5) is 13.2. The van der Waals surface area contributed by atoms with Gasteiger partial charge in [0.05, 0.1) is 7.11 Å². The van der Waals surface area contributed by atoms with Gasteiger partial charge in [0, 0.05) is 33.7 Å². The highest BCUT2D eigenvalue weighted by Crippen LogP contribution is 2.27. The smallest absolute Gasteiger partial charge is 0.220 e. The lowest BCUT2D eigenvalue weighted by molar-refractivity contribution is -0.121. The number of hydrogen-bond donors (Lipinski definition) is 1. The zero-order chi connectivity index (χ0) is 18.2. The fourth-order valence-corrected chi connectivity index (χ4v) is 3.43. The molecule has 6 heteroatoms. The molecule has 2 aromatic rings. The standard InChI is InChI=1S/C19H21ClFNO2S/c1-13(25-17-7-4-15(20)5-8-17)3-10-19(23)22-12-14-11-16(21)6-9-18(14)24-2/h4-9,11,13H,3,10,12H2,1-2H3,(H,22,23). The lowest BCUT2D eigenvalue weighted by atomic mass is 10.2. The number of ether oxygens (including phenoxy) is 1. The Kier molecular flexibility index (Phi) is 7.59. The molecule has 25 heavy (non-hydrogen) atoms. The maximum absolute atomic E-state index is 13.3. The van der Waals surface area contributed by atoms with Crippen LogP contribution in [-0.4, -0.2) is 18.3 Å². The first-order valence-electron chi connectivity index (χ1n) is 7.99. The molecular formula is C19H21ClFNO2S. The molecule has 1 atom stereocenters. The van der Waals surface area contributed by atoms with Crippen molar-refractivity contribution in [3.63, 3.8) is 0 Å². The van der Waals surface area contributed by atoms with E-state index in [2.05, 4.69) is 12.2 Å². The summed E-state index contributed by atoms with van der Waals surface area (Å²) in [5.41, 5.74) is 0.624. The lowest BCUT2D eigenvalue weighted by Gasteiger charge is -2.12. The van der Waals surface area contributed by atoms with Gasteiger partial charge < -0.3 is 10.1 Å². The number of halogens is 2. The Morgan fingerprint density at radius 1 is 1.28 bits per heavy atom. The summed E-state index contributed by atoms with van der Waals surface area (Å²) < 4.78 is 18.5. The van der Waals surface area contributed by atoms with Gasteiger partial charge in [0.15, 0.2) is 0 Å². The first-order chi connectivity index (χ1) is 12.0. The van der Waals surface area contributed by atoms with Gasteiger partial charge >= 0.3 is 0 Å². The van der Waals surface area contributed by atoms with Crippen molar-refractivity contribution in [1.82, 2.24) is 5.32 Å². The minimum Gasteiger partial charge on any atom is -0.496 e. The highest BCUT2D eigenvalue weighted by atomic mass is 35.5. The molecule has 0 radical (unpaired) electrons. The molecule has 0 aromatic heterocycles. The molecule has 0 aliphatic carbocycles. The van der Waals surface area contributed by atoms with Crippen LogP contribution >= 0.6 is 23.4 Å². The number of carbonyl (C=O) groups excluding carboxylic acids is 1. The van der Waals surface area contributed by atoms with E-state index in [-0.39, 0.29) is 18.3 Å². The van der Waals surface area contributed by atoms with Crippen molar-refractivity contribution in [2.75, 3.05) is 7.11 Å². The fraction of sp³-hybridized carbons (Fsp3) is 0.316. The lowest BCUT2D eigenvalue weighted by Crippen LogP contribution is -2.23. The second kappa shape index (κ2) is 9.68. The van der Waals surface area contributed by atoms with Gasteiger partial charge in [0.25, 0.3) is 0 Å². The van der Waals surface area contributed by atoms with Crippen molar-refractivity contribution in [1.29, 1.82) is 0 Å². The molecule has 1 amide bonds. The van der Waals surface area contributed by atoms with Crippen molar-refractivity contribution in [2.45, 2.75) is 36.5 Å². The van der Waals surface area contributed by atoms with Crippen molar-refractivity contribution in [2.24, 2.45) is 0 Å². The van der Waals surface area contributed by atoms with Crippen LogP contribution in [0.5, 0.6) is 5.75 Å². The number of amides is 1. The van der Waals surface area contributed by atoms with Gasteiger partial charge in [0.2, 0.25) is 5.91 Å². The third kappa shape index (κ3) is 6.59. The molecule has 1 unspecified atom stereocenters. The summed E-state index contributed by atoms with van der Waals surface area (Å²) in [5, 5.41) is 3.83. The predicted molar refractivity (Wildman–Crippen MR) is 101 cm³/mol. The van der Waals surface area contributed by atoms with Crippen LogP contribution in [-0.2, 0) is 11.3 Å². The van der Waals surface area contributed by atoms with Crippen LogP contribution in [0.1, 0.15) is 25.3 Å². The molecule has 0 aliphatic rings. The van der Waals surface area contributed by atoms with Crippen LogP contribution in [0.4, 0.5) is 4.39 Å². The molecule has 0 fully saturated rings. The normalized spacial score (nSPS) is 11.8. The minimum absolute atomic E-state index is 0.0603. The Morgan fingerprint density at radius 2 is 2.00 bits per heavy atom. The van der Waals surface area contributed by atoms with Crippen molar-refractivity contribution >= 4 is 29.3 Å². The zero-order valence-electron chi connectivity index (χ0n) is 14.2. The quantitative estimate of drug-likeness (QED) is 0.649. The minimum atomic E-state index is -0.349. The molecule has 0 spiro atoms. The van der Waals surface area contributed by atoms with Crippen LogP contribution in [0, 0.1) is 5.82 Å². The number of rotatable bonds is 8. The molecule has 0 aliphatic heterocycles. The van der Waals surface area contributed by atoms with Gasteiger partial charge in [0.1, 0.15) is 11.6 Å².